The first-order chi connectivity index (χ1) is 9.11. The molecule has 2 rings (SSSR count). The lowest BCUT2D eigenvalue weighted by molar-refractivity contribution is 0.206. The van der Waals surface area contributed by atoms with E-state index >= 15 is 0 Å². The van der Waals surface area contributed by atoms with Gasteiger partial charge in [0.25, 0.3) is 0 Å². The average Bonchev–Trinajstić information content (AvgIpc) is 2.37. The Morgan fingerprint density at radius 1 is 1.53 bits per heavy atom. The molecular formula is C13H23N5O. The second-order valence-corrected chi connectivity index (χ2v) is 5.15. The molecule has 1 aliphatic rings. The van der Waals surface area contributed by atoms with Crippen LogP contribution in [0.3, 0.4) is 0 Å². The SMILES string of the molecule is CCOc1ncnc(NC2CCN(C)CC2C)c1N. The summed E-state index contributed by atoms with van der Waals surface area (Å²) in [6, 6.07) is 0.392. The van der Waals surface area contributed by atoms with Gasteiger partial charge < -0.3 is 20.7 Å². The van der Waals surface area contributed by atoms with Crippen molar-refractivity contribution in [3.63, 3.8) is 0 Å². The van der Waals surface area contributed by atoms with Crippen molar-refractivity contribution in [2.24, 2.45) is 5.92 Å². The van der Waals surface area contributed by atoms with Crippen LogP contribution in [0.5, 0.6) is 5.88 Å². The summed E-state index contributed by atoms with van der Waals surface area (Å²) in [5.41, 5.74) is 6.53. The van der Waals surface area contributed by atoms with E-state index in [1.165, 1.54) is 6.33 Å². The molecule has 0 amide bonds. The monoisotopic (exact) mass is 265 g/mol. The van der Waals surface area contributed by atoms with Crippen LogP contribution in [0, 0.1) is 5.92 Å². The zero-order chi connectivity index (χ0) is 13.8. The summed E-state index contributed by atoms with van der Waals surface area (Å²) in [5, 5.41) is 3.44. The van der Waals surface area contributed by atoms with E-state index in [2.05, 4.69) is 34.2 Å². The van der Waals surface area contributed by atoms with Gasteiger partial charge in [-0.05, 0) is 32.9 Å². The first kappa shape index (κ1) is 13.9. The Hall–Kier alpha value is -1.56. The molecule has 2 atom stereocenters. The minimum absolute atomic E-state index is 0.392. The summed E-state index contributed by atoms with van der Waals surface area (Å²) in [7, 11) is 2.15. The van der Waals surface area contributed by atoms with Crippen LogP contribution in [0.25, 0.3) is 0 Å². The first-order valence-corrected chi connectivity index (χ1v) is 6.80. The van der Waals surface area contributed by atoms with E-state index in [4.69, 9.17) is 10.5 Å². The highest BCUT2D eigenvalue weighted by atomic mass is 16.5. The van der Waals surface area contributed by atoms with Gasteiger partial charge in [0.15, 0.2) is 5.82 Å². The lowest BCUT2D eigenvalue weighted by Crippen LogP contribution is -2.43. The van der Waals surface area contributed by atoms with Crippen molar-refractivity contribution in [3.8, 4) is 5.88 Å². The van der Waals surface area contributed by atoms with Crippen LogP contribution in [0.4, 0.5) is 11.5 Å². The largest absolute Gasteiger partial charge is 0.476 e. The van der Waals surface area contributed by atoms with Crippen molar-refractivity contribution in [1.29, 1.82) is 0 Å². The molecule has 3 N–H and O–H groups in total. The zero-order valence-electron chi connectivity index (χ0n) is 11.9. The number of piperidine rings is 1. The third kappa shape index (κ3) is 3.26. The molecule has 1 aromatic rings. The lowest BCUT2D eigenvalue weighted by atomic mass is 9.94. The van der Waals surface area contributed by atoms with Gasteiger partial charge in [-0.1, -0.05) is 6.92 Å². The summed E-state index contributed by atoms with van der Waals surface area (Å²) in [6.07, 6.45) is 2.58. The highest BCUT2D eigenvalue weighted by Gasteiger charge is 2.25. The smallest absolute Gasteiger partial charge is 0.242 e. The second-order valence-electron chi connectivity index (χ2n) is 5.15. The van der Waals surface area contributed by atoms with Gasteiger partial charge in [0.05, 0.1) is 6.61 Å². The number of hydrogen-bond acceptors (Lipinski definition) is 6. The zero-order valence-corrected chi connectivity index (χ0v) is 11.9. The first-order valence-electron chi connectivity index (χ1n) is 6.80. The van der Waals surface area contributed by atoms with Gasteiger partial charge in [-0.3, -0.25) is 0 Å². The Morgan fingerprint density at radius 3 is 3.00 bits per heavy atom. The number of aromatic nitrogens is 2. The Balaban J connectivity index is 2.08. The molecule has 0 aromatic carbocycles. The summed E-state index contributed by atoms with van der Waals surface area (Å²) in [4.78, 5) is 10.6. The predicted octanol–water partition coefficient (Wildman–Crippen LogP) is 1.21. The molecule has 19 heavy (non-hydrogen) atoms. The molecule has 0 spiro atoms. The van der Waals surface area contributed by atoms with Crippen LogP contribution in [0.1, 0.15) is 20.3 Å². The number of likely N-dealkylation sites (tertiary alicyclic amines) is 1. The molecule has 0 radical (unpaired) electrons. The van der Waals surface area contributed by atoms with E-state index in [1.54, 1.807) is 0 Å². The van der Waals surface area contributed by atoms with E-state index < -0.39 is 0 Å². The van der Waals surface area contributed by atoms with E-state index in [9.17, 15) is 0 Å². The number of nitrogen functional groups attached to an aromatic ring is 1. The van der Waals surface area contributed by atoms with Crippen LogP contribution in [0.15, 0.2) is 6.33 Å². The fourth-order valence-electron chi connectivity index (χ4n) is 2.49. The highest BCUT2D eigenvalue weighted by molar-refractivity contribution is 5.66. The Morgan fingerprint density at radius 2 is 2.32 bits per heavy atom. The highest BCUT2D eigenvalue weighted by Crippen LogP contribution is 2.27. The van der Waals surface area contributed by atoms with Crippen molar-refractivity contribution in [2.75, 3.05) is 37.8 Å². The molecule has 2 heterocycles. The van der Waals surface area contributed by atoms with Gasteiger partial charge in [0.2, 0.25) is 5.88 Å². The molecule has 1 aliphatic heterocycles. The summed E-state index contributed by atoms with van der Waals surface area (Å²) in [6.45, 7) is 6.87. The van der Waals surface area contributed by atoms with E-state index in [0.717, 1.165) is 19.5 Å². The maximum absolute atomic E-state index is 6.04. The summed E-state index contributed by atoms with van der Waals surface area (Å²) < 4.78 is 5.39. The molecule has 1 saturated heterocycles. The van der Waals surface area contributed by atoms with Crippen LogP contribution < -0.4 is 15.8 Å². The number of nitrogens with zero attached hydrogens (tertiary/aromatic N) is 3. The fraction of sp³-hybridized carbons (Fsp3) is 0.692. The molecule has 6 heteroatoms. The molecular weight excluding hydrogens is 242 g/mol. The normalized spacial score (nSPS) is 24.2. The van der Waals surface area contributed by atoms with Gasteiger partial charge in [0, 0.05) is 12.6 Å². The third-order valence-electron chi connectivity index (χ3n) is 3.56. The Bertz CT molecular complexity index is 425. The van der Waals surface area contributed by atoms with Gasteiger partial charge in [-0.15, -0.1) is 0 Å². The minimum atomic E-state index is 0.392. The van der Waals surface area contributed by atoms with Crippen molar-refractivity contribution in [1.82, 2.24) is 14.9 Å². The van der Waals surface area contributed by atoms with Gasteiger partial charge in [-0.2, -0.15) is 4.98 Å². The van der Waals surface area contributed by atoms with Crippen molar-refractivity contribution in [3.05, 3.63) is 6.33 Å². The van der Waals surface area contributed by atoms with Gasteiger partial charge in [-0.25, -0.2) is 4.98 Å². The van der Waals surface area contributed by atoms with Crippen molar-refractivity contribution in [2.45, 2.75) is 26.3 Å². The number of anilines is 2. The number of hydrogen-bond donors (Lipinski definition) is 2. The average molecular weight is 265 g/mol. The molecule has 0 aliphatic carbocycles. The summed E-state index contributed by atoms with van der Waals surface area (Å²) in [5.74, 6) is 1.70. The fourth-order valence-corrected chi connectivity index (χ4v) is 2.49. The van der Waals surface area contributed by atoms with Crippen molar-refractivity contribution < 1.29 is 4.74 Å². The molecule has 1 fully saturated rings. The van der Waals surface area contributed by atoms with E-state index in [-0.39, 0.29) is 0 Å². The van der Waals surface area contributed by atoms with E-state index in [0.29, 0.717) is 36.0 Å². The Labute approximate surface area is 114 Å². The van der Waals surface area contributed by atoms with Crippen LogP contribution >= 0.6 is 0 Å². The molecule has 6 nitrogen and oxygen atoms in total. The lowest BCUT2D eigenvalue weighted by Gasteiger charge is -2.35. The number of rotatable bonds is 4. The summed E-state index contributed by atoms with van der Waals surface area (Å²) >= 11 is 0. The van der Waals surface area contributed by atoms with Crippen LogP contribution in [-0.4, -0.2) is 47.7 Å². The molecule has 0 bridgehead atoms. The van der Waals surface area contributed by atoms with Gasteiger partial charge in [0.1, 0.15) is 12.0 Å². The standard InChI is InChI=1S/C13H23N5O/c1-4-19-13-11(14)12(15-8-16-13)17-10-5-6-18(3)7-9(10)2/h8-10H,4-7,14H2,1-3H3,(H,15,16,17). The van der Waals surface area contributed by atoms with Crippen LogP contribution in [-0.2, 0) is 0 Å². The minimum Gasteiger partial charge on any atom is -0.476 e. The number of ether oxygens (including phenoxy) is 1. The maximum Gasteiger partial charge on any atom is 0.242 e. The number of nitrogens with one attached hydrogen (secondary N) is 1. The third-order valence-corrected chi connectivity index (χ3v) is 3.56. The Kier molecular flexibility index (Phi) is 4.42. The maximum atomic E-state index is 6.04. The molecule has 0 saturated carbocycles. The molecule has 1 aromatic heterocycles. The molecule has 106 valence electrons. The van der Waals surface area contributed by atoms with E-state index in [1.807, 2.05) is 6.92 Å². The van der Waals surface area contributed by atoms with Crippen LogP contribution in [0.2, 0.25) is 0 Å². The topological polar surface area (TPSA) is 76.3 Å². The second kappa shape index (κ2) is 6.06. The van der Waals surface area contributed by atoms with Gasteiger partial charge >= 0.3 is 0 Å². The predicted molar refractivity (Wildman–Crippen MR) is 76.3 cm³/mol. The quantitative estimate of drug-likeness (QED) is 0.852. The van der Waals surface area contributed by atoms with Crippen molar-refractivity contribution >= 4 is 11.5 Å². The number of nitrogens with two attached hydrogens (primary N) is 1. The molecule has 2 unspecified atom stereocenters.